The molecule has 0 aliphatic carbocycles. The molecule has 0 radical (unpaired) electrons. The summed E-state index contributed by atoms with van der Waals surface area (Å²) in [6, 6.07) is 21.9. The summed E-state index contributed by atoms with van der Waals surface area (Å²) in [6.07, 6.45) is 0.788. The van der Waals surface area contributed by atoms with Crippen molar-refractivity contribution in [1.29, 1.82) is 0 Å². The number of para-hydroxylation sites is 1. The monoisotopic (exact) mass is 1080 g/mol. The zero-order chi connectivity index (χ0) is 54.3. The molecule has 21 heteroatoms. The lowest BCUT2D eigenvalue weighted by atomic mass is 9.79. The molecule has 3 amide bonds. The molecular weight excluding hydrogens is 1020 g/mol. The summed E-state index contributed by atoms with van der Waals surface area (Å²) in [6.45, 7) is 10.5. The van der Waals surface area contributed by atoms with Crippen LogP contribution in [0.4, 0.5) is 11.4 Å². The summed E-state index contributed by atoms with van der Waals surface area (Å²) in [5, 5.41) is 5.88. The van der Waals surface area contributed by atoms with E-state index in [1.165, 1.54) is 25.2 Å². The summed E-state index contributed by atoms with van der Waals surface area (Å²) in [5.41, 5.74) is 1.56. The zero-order valence-electron chi connectivity index (χ0n) is 42.1. The first-order valence-corrected chi connectivity index (χ1v) is 28.6. The number of amides is 3. The van der Waals surface area contributed by atoms with Gasteiger partial charge in [-0.1, -0.05) is 62.1 Å². The third-order valence-corrected chi connectivity index (χ3v) is 16.5. The minimum Gasteiger partial charge on any atom is -0.744 e. The van der Waals surface area contributed by atoms with Gasteiger partial charge in [-0.15, -0.1) is 0 Å². The molecule has 0 bridgehead atoms. The van der Waals surface area contributed by atoms with Gasteiger partial charge in [0.25, 0.3) is 21.9 Å². The third kappa shape index (κ3) is 10.4. The number of carbonyl (C=O) groups is 3. The number of fused-ring (bicyclic) bond motifs is 6. The van der Waals surface area contributed by atoms with Gasteiger partial charge in [0, 0.05) is 82.7 Å². The normalized spacial score (nSPS) is 17.9. The number of nitrogens with one attached hydrogen (secondary N) is 3. The van der Waals surface area contributed by atoms with E-state index < -0.39 is 86.8 Å². The van der Waals surface area contributed by atoms with Gasteiger partial charge in [0.1, 0.15) is 15.0 Å². The number of anilines is 2. The number of nitrogens with zero attached hydrogens (tertiary/aromatic N) is 2. The molecule has 5 aromatic rings. The van der Waals surface area contributed by atoms with Gasteiger partial charge >= 0.3 is 10.1 Å². The predicted molar refractivity (Wildman–Crippen MR) is 276 cm³/mol. The van der Waals surface area contributed by atoms with Crippen LogP contribution in [0.2, 0.25) is 0 Å². The molecule has 2 atom stereocenters. The minimum atomic E-state index is -5.51. The molecule has 0 saturated carbocycles. The number of benzene rings is 5. The van der Waals surface area contributed by atoms with E-state index in [0.29, 0.717) is 35.2 Å². The highest BCUT2D eigenvalue weighted by Crippen LogP contribution is 2.52. The predicted octanol–water partition coefficient (Wildman–Crippen LogP) is 3.90. The maximum atomic E-state index is 14.9. The van der Waals surface area contributed by atoms with Gasteiger partial charge in [0.05, 0.1) is 23.7 Å². The Morgan fingerprint density at radius 2 is 1.52 bits per heavy atom. The van der Waals surface area contributed by atoms with E-state index in [0.717, 1.165) is 16.0 Å². The average Bonchev–Trinajstić information content (AvgIpc) is 3.30. The molecule has 4 aliphatic heterocycles. The highest BCUT2D eigenvalue weighted by atomic mass is 32.2. The Hall–Kier alpha value is -6.93. The SMILES string of the molecule is CC1CC(C)(C)Nc2c1cc1c(c2S(=O)(=O)[O-])Oc2c(S(=O)(=O)O)c3c(cc2=C1c1ccc(C(=O)NCCC(=O)N2Cc4ccccc4C#Cc4ccccc42)cc1C(=O)N(C)CCS(=O)(=O)O)C(C)CC(C)(C)[NH+]=3. The van der Waals surface area contributed by atoms with Crippen LogP contribution in [-0.2, 0) is 41.7 Å². The molecule has 75 heavy (non-hydrogen) atoms. The molecule has 0 fully saturated rings. The van der Waals surface area contributed by atoms with Gasteiger partial charge in [-0.2, -0.15) is 16.8 Å². The summed E-state index contributed by atoms with van der Waals surface area (Å²) in [4.78, 5) is 47.4. The van der Waals surface area contributed by atoms with Crippen LogP contribution < -0.4 is 35.8 Å². The molecule has 0 saturated heterocycles. The molecule has 4 heterocycles. The number of hydrogen-bond acceptors (Lipinski definition) is 12. The van der Waals surface area contributed by atoms with Crippen molar-refractivity contribution in [3.63, 3.8) is 0 Å². The van der Waals surface area contributed by atoms with E-state index in [1.807, 2.05) is 77.9 Å². The zero-order valence-corrected chi connectivity index (χ0v) is 44.6. The van der Waals surface area contributed by atoms with Gasteiger partial charge < -0.3 is 29.7 Å². The Morgan fingerprint density at radius 1 is 0.853 bits per heavy atom. The number of carbonyl (C=O) groups excluding carboxylic acids is 3. The first kappa shape index (κ1) is 52.9. The molecule has 0 spiro atoms. The third-order valence-electron chi connectivity index (χ3n) is 14.0. The maximum absolute atomic E-state index is 14.9. The van der Waals surface area contributed by atoms with Crippen molar-refractivity contribution in [3.05, 3.63) is 140 Å². The van der Waals surface area contributed by atoms with Crippen molar-refractivity contribution in [2.45, 2.75) is 100 Å². The number of hydrogen-bond donors (Lipinski definition) is 5. The van der Waals surface area contributed by atoms with E-state index in [9.17, 15) is 53.3 Å². The van der Waals surface area contributed by atoms with Crippen LogP contribution in [0.1, 0.15) is 132 Å². The molecule has 4 aliphatic rings. The van der Waals surface area contributed by atoms with Crippen molar-refractivity contribution in [3.8, 4) is 23.3 Å². The van der Waals surface area contributed by atoms with E-state index >= 15 is 0 Å². The van der Waals surface area contributed by atoms with Crippen molar-refractivity contribution < 1.29 is 63.0 Å². The van der Waals surface area contributed by atoms with Crippen molar-refractivity contribution in [2.75, 3.05) is 36.1 Å². The van der Waals surface area contributed by atoms with Gasteiger partial charge in [-0.25, -0.2) is 13.4 Å². The molecule has 5 N–H and O–H groups in total. The maximum Gasteiger partial charge on any atom is 0.304 e. The van der Waals surface area contributed by atoms with E-state index in [-0.39, 0.29) is 81.3 Å². The highest BCUT2D eigenvalue weighted by Gasteiger charge is 2.43. The summed E-state index contributed by atoms with van der Waals surface area (Å²) in [5.74, 6) is 1.59. The Morgan fingerprint density at radius 3 is 2.21 bits per heavy atom. The van der Waals surface area contributed by atoms with E-state index in [2.05, 4.69) is 27.5 Å². The molecule has 18 nitrogen and oxygen atoms in total. The van der Waals surface area contributed by atoms with Crippen LogP contribution in [0, 0.1) is 11.8 Å². The first-order chi connectivity index (χ1) is 35.0. The summed E-state index contributed by atoms with van der Waals surface area (Å²) >= 11 is 0. The lowest BCUT2D eigenvalue weighted by Gasteiger charge is -2.40. The largest absolute Gasteiger partial charge is 0.744 e. The van der Waals surface area contributed by atoms with E-state index in [4.69, 9.17) is 4.74 Å². The standard InChI is InChI=1S/C54H55N5O13S3/c1-30-27-53(3,4)56-45-37(30)25-40-44(41-26-38-31(2)28-54(5,6)57-46(38)50(75(69,70)71)48(41)72-47(40)49(45)74(66,67)68)36-19-18-34(24-39(36)52(62)58(7)22-23-73(63,64)65)51(61)55-21-20-43(60)59-29-35-14-9-8-12-32(35)16-17-33-13-10-11-15-42(33)59/h8-15,18-19,24-26,30-31,56H,20-23,27-29H2,1-7H3,(H,55,61)(H,63,64,65)(H,66,67,68)(H,69,70,71). The number of ether oxygens (including phenoxy) is 1. The number of rotatable bonds is 11. The fourth-order valence-corrected chi connectivity index (χ4v) is 13.0. The average molecular weight is 1080 g/mol. The van der Waals surface area contributed by atoms with Crippen LogP contribution >= 0.6 is 0 Å². The second-order valence-corrected chi connectivity index (χ2v) is 25.2. The summed E-state index contributed by atoms with van der Waals surface area (Å²) in [7, 11) is -14.1. The van der Waals surface area contributed by atoms with Crippen LogP contribution in [0.25, 0.3) is 5.57 Å². The van der Waals surface area contributed by atoms with Crippen molar-refractivity contribution in [2.24, 2.45) is 0 Å². The first-order valence-electron chi connectivity index (χ1n) is 24.1. The van der Waals surface area contributed by atoms with Gasteiger partial charge in [-0.05, 0) is 105 Å². The lowest BCUT2D eigenvalue weighted by molar-refractivity contribution is -0.590. The summed E-state index contributed by atoms with van der Waals surface area (Å²) < 4.78 is 120. The van der Waals surface area contributed by atoms with Gasteiger partial charge in [0.15, 0.2) is 17.0 Å². The van der Waals surface area contributed by atoms with Crippen LogP contribution in [0.5, 0.6) is 11.5 Å². The highest BCUT2D eigenvalue weighted by molar-refractivity contribution is 7.86. The van der Waals surface area contributed by atoms with Crippen molar-refractivity contribution in [1.82, 2.24) is 10.2 Å². The Bertz CT molecular complexity index is 3860. The van der Waals surface area contributed by atoms with Crippen LogP contribution in [0.15, 0.2) is 88.7 Å². The van der Waals surface area contributed by atoms with E-state index in [1.54, 1.807) is 29.2 Å². The smallest absolute Gasteiger partial charge is 0.304 e. The minimum absolute atomic E-state index is 0.0235. The molecule has 5 aromatic carbocycles. The molecule has 0 aromatic heterocycles. The second kappa shape index (κ2) is 19.0. The molecular formula is C54H55N5O13S3. The Labute approximate surface area is 435 Å². The Kier molecular flexibility index (Phi) is 13.4. The van der Waals surface area contributed by atoms with Crippen LogP contribution in [0.3, 0.4) is 0 Å². The molecule has 392 valence electrons. The quantitative estimate of drug-likeness (QED) is 0.0910. The fourth-order valence-electron chi connectivity index (χ4n) is 10.8. The topological polar surface area (TPSA) is 271 Å². The Balaban J connectivity index is 1.23. The fraction of sp³-hybridized carbons (Fsp3) is 0.333. The van der Waals surface area contributed by atoms with Gasteiger partial charge in [-0.3, -0.25) is 23.5 Å². The van der Waals surface area contributed by atoms with Crippen molar-refractivity contribution >= 4 is 65.0 Å². The van der Waals surface area contributed by atoms with Crippen LogP contribution in [-0.4, -0.2) is 98.5 Å². The lowest BCUT2D eigenvalue weighted by Crippen LogP contribution is -2.91. The molecule has 2 unspecified atom stereocenters. The molecule has 9 rings (SSSR count). The van der Waals surface area contributed by atoms with Gasteiger partial charge in [0.2, 0.25) is 16.2 Å². The second-order valence-electron chi connectivity index (χ2n) is 20.9.